The van der Waals surface area contributed by atoms with Crippen LogP contribution in [0.5, 0.6) is 0 Å². The second-order valence-corrected chi connectivity index (χ2v) is 11.0. The van der Waals surface area contributed by atoms with E-state index in [1.165, 1.54) is 13.8 Å². The van der Waals surface area contributed by atoms with Gasteiger partial charge in [-0.2, -0.15) is 0 Å². The molecule has 0 bridgehead atoms. The van der Waals surface area contributed by atoms with Crippen molar-refractivity contribution in [2.24, 2.45) is 22.7 Å². The number of hydrogen-bond acceptors (Lipinski definition) is 7. The van der Waals surface area contributed by atoms with Crippen molar-refractivity contribution in [1.29, 1.82) is 0 Å². The maximum Gasteiger partial charge on any atom is 0.334 e. The first-order valence-electron chi connectivity index (χ1n) is 11.4. The molecule has 0 N–H and O–H groups in total. The number of ether oxygens (including phenoxy) is 4. The van der Waals surface area contributed by atoms with Gasteiger partial charge in [0.15, 0.2) is 0 Å². The van der Waals surface area contributed by atoms with E-state index in [2.05, 4.69) is 20.8 Å². The summed E-state index contributed by atoms with van der Waals surface area (Å²) in [7, 11) is 0. The third kappa shape index (κ3) is 2.71. The van der Waals surface area contributed by atoms with Crippen LogP contribution in [0.15, 0.2) is 11.1 Å². The normalized spacial score (nSPS) is 46.7. The van der Waals surface area contributed by atoms with Crippen LogP contribution in [0.4, 0.5) is 0 Å². The molecule has 5 aliphatic rings. The molecule has 3 saturated carbocycles. The molecule has 3 aliphatic carbocycles. The van der Waals surface area contributed by atoms with Crippen LogP contribution in [0.1, 0.15) is 67.2 Å². The van der Waals surface area contributed by atoms with Crippen molar-refractivity contribution >= 4 is 17.9 Å². The van der Waals surface area contributed by atoms with Gasteiger partial charge in [0, 0.05) is 48.7 Å². The van der Waals surface area contributed by atoms with Crippen LogP contribution in [-0.2, 0) is 33.3 Å². The van der Waals surface area contributed by atoms with Crippen LogP contribution in [-0.4, -0.2) is 47.9 Å². The average Bonchev–Trinajstić information content (AvgIpc) is 3.27. The van der Waals surface area contributed by atoms with Gasteiger partial charge in [0.25, 0.3) is 0 Å². The molecule has 1 spiro atoms. The second kappa shape index (κ2) is 6.33. The van der Waals surface area contributed by atoms with E-state index < -0.39 is 5.60 Å². The quantitative estimate of drug-likeness (QED) is 0.376. The number of carbonyl (C=O) groups is 3. The highest BCUT2D eigenvalue weighted by molar-refractivity contribution is 5.92. The topological polar surface area (TPSA) is 91.4 Å². The van der Waals surface area contributed by atoms with Gasteiger partial charge in [-0.05, 0) is 31.6 Å². The summed E-state index contributed by atoms with van der Waals surface area (Å²) >= 11 is 0. The first kappa shape index (κ1) is 21.0. The molecule has 5 rings (SSSR count). The standard InChI is InChI=1S/C24H32O7/c1-11-18-14(30-21(11)27)9-16-23(6)8-7-17(29-13(3)26)22(4,5)19(23)15(28-12(2)25)10-24(16)20(18)31-24/h14-17,19-20H,7-10H2,1-6H3/t14-,15-,16+,17+,19-,20-,23-,24+/m1/s1. The Morgan fingerprint density at radius 3 is 2.42 bits per heavy atom. The number of hydrogen-bond donors (Lipinski definition) is 0. The molecule has 7 heteroatoms. The molecule has 8 atom stereocenters. The summed E-state index contributed by atoms with van der Waals surface area (Å²) in [5.74, 6) is -0.683. The largest absolute Gasteiger partial charge is 0.462 e. The van der Waals surface area contributed by atoms with Crippen molar-refractivity contribution in [3.63, 3.8) is 0 Å². The molecule has 7 nitrogen and oxygen atoms in total. The van der Waals surface area contributed by atoms with Gasteiger partial charge in [-0.25, -0.2) is 4.79 Å². The van der Waals surface area contributed by atoms with Crippen molar-refractivity contribution in [1.82, 2.24) is 0 Å². The SMILES string of the molecule is CC(=O)O[C@H]1CC[C@@]2(C)[C@H]([C@H](OC(C)=O)C[C@@]34O[C@@H]3C3=C(C)C(=O)O[C@@H]3C[C@@H]24)C1(C)C. The lowest BCUT2D eigenvalue weighted by atomic mass is 9.42. The van der Waals surface area contributed by atoms with Gasteiger partial charge in [0.2, 0.25) is 0 Å². The van der Waals surface area contributed by atoms with Crippen molar-refractivity contribution < 1.29 is 33.3 Å². The third-order valence-corrected chi connectivity index (χ3v) is 8.98. The van der Waals surface area contributed by atoms with Crippen LogP contribution in [0.25, 0.3) is 0 Å². The van der Waals surface area contributed by atoms with Crippen LogP contribution in [0.2, 0.25) is 0 Å². The van der Waals surface area contributed by atoms with Crippen LogP contribution in [0, 0.1) is 22.7 Å². The summed E-state index contributed by atoms with van der Waals surface area (Å²) in [6, 6.07) is 0. The second-order valence-electron chi connectivity index (χ2n) is 11.0. The number of rotatable bonds is 2. The van der Waals surface area contributed by atoms with E-state index >= 15 is 0 Å². The highest BCUT2D eigenvalue weighted by Gasteiger charge is 2.78. The monoisotopic (exact) mass is 432 g/mol. The molecule has 31 heavy (non-hydrogen) atoms. The molecule has 1 saturated heterocycles. The molecule has 170 valence electrons. The van der Waals surface area contributed by atoms with E-state index in [-0.39, 0.29) is 65.0 Å². The highest BCUT2D eigenvalue weighted by Crippen LogP contribution is 2.72. The fourth-order valence-electron chi connectivity index (χ4n) is 7.98. The lowest BCUT2D eigenvalue weighted by Crippen LogP contribution is -2.66. The molecule has 0 radical (unpaired) electrons. The van der Waals surface area contributed by atoms with E-state index in [1.54, 1.807) is 0 Å². The minimum absolute atomic E-state index is 0.00814. The lowest BCUT2D eigenvalue weighted by Gasteiger charge is -2.63. The third-order valence-electron chi connectivity index (χ3n) is 8.98. The van der Waals surface area contributed by atoms with Gasteiger partial charge in [-0.1, -0.05) is 20.8 Å². The van der Waals surface area contributed by atoms with E-state index in [0.717, 1.165) is 24.8 Å². The Labute approximate surface area is 182 Å². The molecular formula is C24H32O7. The fourth-order valence-corrected chi connectivity index (χ4v) is 7.98. The minimum atomic E-state index is -0.420. The summed E-state index contributed by atoms with van der Waals surface area (Å²) in [6.45, 7) is 11.2. The highest BCUT2D eigenvalue weighted by atomic mass is 16.6. The van der Waals surface area contributed by atoms with Crippen LogP contribution in [0.3, 0.4) is 0 Å². The predicted molar refractivity (Wildman–Crippen MR) is 109 cm³/mol. The molecule has 2 aliphatic heterocycles. The Morgan fingerprint density at radius 1 is 1.10 bits per heavy atom. The zero-order valence-electron chi connectivity index (χ0n) is 19.2. The molecule has 4 fully saturated rings. The van der Waals surface area contributed by atoms with Gasteiger partial charge in [0.1, 0.15) is 30.0 Å². The zero-order valence-corrected chi connectivity index (χ0v) is 19.2. The van der Waals surface area contributed by atoms with Crippen molar-refractivity contribution in [3.05, 3.63) is 11.1 Å². The summed E-state index contributed by atoms with van der Waals surface area (Å²) in [6.07, 6.45) is 1.94. The summed E-state index contributed by atoms with van der Waals surface area (Å²) in [5.41, 5.74) is 0.639. The summed E-state index contributed by atoms with van der Waals surface area (Å²) in [5, 5.41) is 0. The van der Waals surface area contributed by atoms with Gasteiger partial charge < -0.3 is 18.9 Å². The molecule has 0 unspecified atom stereocenters. The van der Waals surface area contributed by atoms with E-state index in [4.69, 9.17) is 18.9 Å². The van der Waals surface area contributed by atoms with Gasteiger partial charge in [-0.15, -0.1) is 0 Å². The van der Waals surface area contributed by atoms with Gasteiger partial charge >= 0.3 is 17.9 Å². The van der Waals surface area contributed by atoms with E-state index in [0.29, 0.717) is 12.0 Å². The minimum Gasteiger partial charge on any atom is -0.462 e. The number of fused-ring (bicyclic) bond motifs is 4. The Morgan fingerprint density at radius 2 is 1.77 bits per heavy atom. The first-order valence-corrected chi connectivity index (χ1v) is 11.4. The Balaban J connectivity index is 1.57. The zero-order chi connectivity index (χ0) is 22.5. The fraction of sp³-hybridized carbons (Fsp3) is 0.792. The maximum atomic E-state index is 12.3. The average molecular weight is 433 g/mol. The predicted octanol–water partition coefficient (Wildman–Crippen LogP) is 3.10. The Bertz CT molecular complexity index is 904. The van der Waals surface area contributed by atoms with Crippen molar-refractivity contribution in [2.75, 3.05) is 0 Å². The maximum absolute atomic E-state index is 12.3. The molecule has 0 aromatic carbocycles. The van der Waals surface area contributed by atoms with E-state index in [9.17, 15) is 14.4 Å². The van der Waals surface area contributed by atoms with Crippen molar-refractivity contribution in [3.8, 4) is 0 Å². The number of epoxide rings is 1. The lowest BCUT2D eigenvalue weighted by molar-refractivity contribution is -0.223. The summed E-state index contributed by atoms with van der Waals surface area (Å²) < 4.78 is 23.8. The Hall–Kier alpha value is -1.89. The Kier molecular flexibility index (Phi) is 4.29. The summed E-state index contributed by atoms with van der Waals surface area (Å²) in [4.78, 5) is 36.2. The van der Waals surface area contributed by atoms with Crippen LogP contribution >= 0.6 is 0 Å². The molecule has 0 aromatic heterocycles. The first-order chi connectivity index (χ1) is 14.4. The molecule has 2 heterocycles. The van der Waals surface area contributed by atoms with E-state index in [1.807, 2.05) is 6.92 Å². The van der Waals surface area contributed by atoms with Crippen LogP contribution < -0.4 is 0 Å². The number of esters is 3. The number of carbonyl (C=O) groups excluding carboxylic acids is 3. The molecular weight excluding hydrogens is 400 g/mol. The molecule has 0 aromatic rings. The molecule has 0 amide bonds. The smallest absolute Gasteiger partial charge is 0.334 e. The van der Waals surface area contributed by atoms with Gasteiger partial charge in [-0.3, -0.25) is 9.59 Å². The van der Waals surface area contributed by atoms with Gasteiger partial charge in [0.05, 0.1) is 0 Å². The van der Waals surface area contributed by atoms with Crippen molar-refractivity contribution in [2.45, 2.75) is 97.2 Å².